The Hall–Kier alpha value is -0.890. The zero-order valence-electron chi connectivity index (χ0n) is 13.0. The van der Waals surface area contributed by atoms with Crippen LogP contribution in [0.3, 0.4) is 0 Å². The quantitative estimate of drug-likeness (QED) is 0.432. The highest BCUT2D eigenvalue weighted by Crippen LogP contribution is 2.34. The molecule has 0 saturated heterocycles. The highest BCUT2D eigenvalue weighted by Gasteiger charge is 2.32. The minimum Gasteiger partial charge on any atom is -0.355 e. The van der Waals surface area contributed by atoms with Crippen LogP contribution < -0.4 is 10.6 Å². The van der Waals surface area contributed by atoms with Crippen molar-refractivity contribution in [2.24, 2.45) is 10.9 Å². The van der Waals surface area contributed by atoms with Crippen molar-refractivity contribution in [3.05, 3.63) is 30.1 Å². The number of likely N-dealkylation sites (N-methyl/N-ethyl adjacent to an activating group) is 1. The summed E-state index contributed by atoms with van der Waals surface area (Å²) in [6.07, 6.45) is 4.51. The maximum Gasteiger partial charge on any atom is 0.191 e. The number of hydrogen-bond donors (Lipinski definition) is 2. The van der Waals surface area contributed by atoms with E-state index < -0.39 is 0 Å². The Balaban J connectivity index is 0.00000220. The maximum atomic E-state index is 4.29. The predicted molar refractivity (Wildman–Crippen MR) is 98.1 cm³/mol. The van der Waals surface area contributed by atoms with Crippen LogP contribution in [-0.4, -0.2) is 49.6 Å². The Morgan fingerprint density at radius 2 is 2.14 bits per heavy atom. The van der Waals surface area contributed by atoms with Gasteiger partial charge >= 0.3 is 0 Å². The van der Waals surface area contributed by atoms with E-state index in [-0.39, 0.29) is 24.0 Å². The second-order valence-electron chi connectivity index (χ2n) is 5.50. The number of nitrogens with one attached hydrogen (secondary N) is 2. The van der Waals surface area contributed by atoms with E-state index in [1.807, 2.05) is 24.4 Å². The second kappa shape index (κ2) is 9.19. The van der Waals surface area contributed by atoms with E-state index in [1.165, 1.54) is 12.8 Å². The monoisotopic (exact) mass is 403 g/mol. The Morgan fingerprint density at radius 3 is 2.67 bits per heavy atom. The fourth-order valence-electron chi connectivity index (χ4n) is 2.35. The molecule has 0 aliphatic heterocycles. The molecule has 1 fully saturated rings. The van der Waals surface area contributed by atoms with Gasteiger partial charge in [-0.25, -0.2) is 0 Å². The molecule has 1 atom stereocenters. The van der Waals surface area contributed by atoms with Crippen molar-refractivity contribution in [1.82, 2.24) is 20.5 Å². The lowest BCUT2D eigenvalue weighted by Gasteiger charge is -2.25. The van der Waals surface area contributed by atoms with Gasteiger partial charge in [-0.05, 0) is 45.0 Å². The van der Waals surface area contributed by atoms with Gasteiger partial charge in [0.25, 0.3) is 0 Å². The van der Waals surface area contributed by atoms with Gasteiger partial charge in [-0.15, -0.1) is 24.0 Å². The molecular formula is C15H26IN5. The molecule has 1 saturated carbocycles. The van der Waals surface area contributed by atoms with Crippen molar-refractivity contribution in [2.75, 3.05) is 27.7 Å². The summed E-state index contributed by atoms with van der Waals surface area (Å²) >= 11 is 0. The first-order valence-corrected chi connectivity index (χ1v) is 7.21. The minimum atomic E-state index is 0. The van der Waals surface area contributed by atoms with Crippen LogP contribution in [0.5, 0.6) is 0 Å². The maximum absolute atomic E-state index is 4.29. The number of aromatic nitrogens is 1. The molecule has 0 radical (unpaired) electrons. The average molecular weight is 403 g/mol. The van der Waals surface area contributed by atoms with Crippen LogP contribution in [0.4, 0.5) is 0 Å². The van der Waals surface area contributed by atoms with Gasteiger partial charge < -0.3 is 15.5 Å². The van der Waals surface area contributed by atoms with E-state index in [0.717, 1.165) is 24.1 Å². The van der Waals surface area contributed by atoms with Crippen LogP contribution in [-0.2, 0) is 6.54 Å². The Labute approximate surface area is 144 Å². The third-order valence-corrected chi connectivity index (χ3v) is 3.69. The third kappa shape index (κ3) is 6.17. The SMILES string of the molecule is CN=C(NCc1ccccn1)NCC(C1CC1)N(C)C.I. The smallest absolute Gasteiger partial charge is 0.191 e. The summed E-state index contributed by atoms with van der Waals surface area (Å²) in [5, 5.41) is 6.71. The van der Waals surface area contributed by atoms with Crippen molar-refractivity contribution >= 4 is 29.9 Å². The summed E-state index contributed by atoms with van der Waals surface area (Å²) in [4.78, 5) is 10.9. The fourth-order valence-corrected chi connectivity index (χ4v) is 2.35. The first kappa shape index (κ1) is 18.2. The van der Waals surface area contributed by atoms with Gasteiger partial charge in [-0.3, -0.25) is 9.98 Å². The molecular weight excluding hydrogens is 377 g/mol. The topological polar surface area (TPSA) is 52.6 Å². The third-order valence-electron chi connectivity index (χ3n) is 3.69. The molecule has 5 nitrogen and oxygen atoms in total. The summed E-state index contributed by atoms with van der Waals surface area (Å²) in [7, 11) is 6.10. The average Bonchev–Trinajstić information content (AvgIpc) is 3.28. The molecule has 1 aliphatic carbocycles. The lowest BCUT2D eigenvalue weighted by Crippen LogP contribution is -2.45. The number of pyridine rings is 1. The second-order valence-corrected chi connectivity index (χ2v) is 5.50. The highest BCUT2D eigenvalue weighted by molar-refractivity contribution is 14.0. The summed E-state index contributed by atoms with van der Waals surface area (Å²) in [6.45, 7) is 1.62. The molecule has 0 spiro atoms. The standard InChI is InChI=1S/C15H25N5.HI/c1-16-15(18-10-13-6-4-5-9-17-13)19-11-14(20(2)3)12-7-8-12;/h4-6,9,12,14H,7-8,10-11H2,1-3H3,(H2,16,18,19);1H. The van der Waals surface area contributed by atoms with Crippen molar-refractivity contribution in [1.29, 1.82) is 0 Å². The van der Waals surface area contributed by atoms with Gasteiger partial charge in [-0.2, -0.15) is 0 Å². The molecule has 2 rings (SSSR count). The van der Waals surface area contributed by atoms with Gasteiger partial charge in [0.05, 0.1) is 12.2 Å². The van der Waals surface area contributed by atoms with Crippen LogP contribution in [0, 0.1) is 5.92 Å². The van der Waals surface area contributed by atoms with E-state index in [4.69, 9.17) is 0 Å². The zero-order chi connectivity index (χ0) is 14.4. The minimum absolute atomic E-state index is 0. The van der Waals surface area contributed by atoms with Crippen LogP contribution in [0.15, 0.2) is 29.4 Å². The lowest BCUT2D eigenvalue weighted by atomic mass is 10.1. The van der Waals surface area contributed by atoms with Crippen molar-refractivity contribution in [3.63, 3.8) is 0 Å². The molecule has 0 aromatic carbocycles. The van der Waals surface area contributed by atoms with Crippen LogP contribution in [0.1, 0.15) is 18.5 Å². The predicted octanol–water partition coefficient (Wildman–Crippen LogP) is 1.70. The number of aliphatic imine (C=N–C) groups is 1. The number of nitrogens with zero attached hydrogens (tertiary/aromatic N) is 3. The number of guanidine groups is 1. The van der Waals surface area contributed by atoms with E-state index >= 15 is 0 Å². The number of hydrogen-bond acceptors (Lipinski definition) is 3. The Morgan fingerprint density at radius 1 is 1.38 bits per heavy atom. The van der Waals surface area contributed by atoms with E-state index in [1.54, 1.807) is 7.05 Å². The molecule has 1 aromatic heterocycles. The normalized spacial score (nSPS) is 16.3. The molecule has 2 N–H and O–H groups in total. The number of halogens is 1. The summed E-state index contributed by atoms with van der Waals surface area (Å²) in [6, 6.07) is 6.51. The lowest BCUT2D eigenvalue weighted by molar-refractivity contribution is 0.264. The molecule has 1 heterocycles. The fraction of sp³-hybridized carbons (Fsp3) is 0.600. The highest BCUT2D eigenvalue weighted by atomic mass is 127. The van der Waals surface area contributed by atoms with Gasteiger partial charge in [0, 0.05) is 25.8 Å². The largest absolute Gasteiger partial charge is 0.355 e. The molecule has 1 unspecified atom stereocenters. The Bertz CT molecular complexity index is 429. The van der Waals surface area contributed by atoms with Crippen LogP contribution >= 0.6 is 24.0 Å². The molecule has 0 bridgehead atoms. The van der Waals surface area contributed by atoms with E-state index in [9.17, 15) is 0 Å². The van der Waals surface area contributed by atoms with Crippen LogP contribution in [0.2, 0.25) is 0 Å². The van der Waals surface area contributed by atoms with Crippen molar-refractivity contribution in [2.45, 2.75) is 25.4 Å². The Kier molecular flexibility index (Phi) is 7.95. The van der Waals surface area contributed by atoms with Crippen molar-refractivity contribution < 1.29 is 0 Å². The summed E-state index contributed by atoms with van der Waals surface area (Å²) in [5.41, 5.74) is 1.02. The van der Waals surface area contributed by atoms with Crippen LogP contribution in [0.25, 0.3) is 0 Å². The van der Waals surface area contributed by atoms with Gasteiger partial charge in [0.1, 0.15) is 0 Å². The molecule has 21 heavy (non-hydrogen) atoms. The summed E-state index contributed by atoms with van der Waals surface area (Å²) < 4.78 is 0. The first-order valence-electron chi connectivity index (χ1n) is 7.21. The molecule has 118 valence electrons. The number of rotatable bonds is 6. The van der Waals surface area contributed by atoms with Gasteiger partial charge in [0.2, 0.25) is 0 Å². The van der Waals surface area contributed by atoms with Crippen molar-refractivity contribution in [3.8, 4) is 0 Å². The first-order chi connectivity index (χ1) is 9.70. The van der Waals surface area contributed by atoms with Gasteiger partial charge in [0.15, 0.2) is 5.96 Å². The van der Waals surface area contributed by atoms with E-state index in [0.29, 0.717) is 12.6 Å². The molecule has 0 amide bonds. The molecule has 1 aromatic rings. The summed E-state index contributed by atoms with van der Waals surface area (Å²) in [5.74, 6) is 1.68. The van der Waals surface area contributed by atoms with Gasteiger partial charge in [-0.1, -0.05) is 6.07 Å². The zero-order valence-corrected chi connectivity index (χ0v) is 15.4. The molecule has 1 aliphatic rings. The van der Waals surface area contributed by atoms with E-state index in [2.05, 4.69) is 39.6 Å². The molecule has 6 heteroatoms.